The standard InChI is InChI=1S/C17H23N3O2/c1-17(2,3)22-15-7-5-6-13(8-15)9-18-14-10-19-16(12-21-4)20-11-14/h5-8,10-11,18H,9,12H2,1-4H3. The van der Waals surface area contributed by atoms with Gasteiger partial charge in [0.1, 0.15) is 18.0 Å². The minimum Gasteiger partial charge on any atom is -0.488 e. The van der Waals surface area contributed by atoms with Crippen LogP contribution in [0.2, 0.25) is 0 Å². The van der Waals surface area contributed by atoms with Gasteiger partial charge in [-0.05, 0) is 38.5 Å². The molecule has 2 aromatic rings. The molecular weight excluding hydrogens is 278 g/mol. The molecule has 2 rings (SSSR count). The molecule has 0 bridgehead atoms. The first-order chi connectivity index (χ1) is 10.5. The lowest BCUT2D eigenvalue weighted by Gasteiger charge is -2.21. The smallest absolute Gasteiger partial charge is 0.153 e. The van der Waals surface area contributed by atoms with Crippen molar-refractivity contribution in [1.82, 2.24) is 9.97 Å². The van der Waals surface area contributed by atoms with Crippen molar-refractivity contribution in [3.8, 4) is 5.75 Å². The Morgan fingerprint density at radius 3 is 2.50 bits per heavy atom. The van der Waals surface area contributed by atoms with Crippen molar-refractivity contribution in [2.45, 2.75) is 39.5 Å². The molecule has 0 amide bonds. The summed E-state index contributed by atoms with van der Waals surface area (Å²) in [5.41, 5.74) is 1.82. The van der Waals surface area contributed by atoms with Crippen molar-refractivity contribution in [1.29, 1.82) is 0 Å². The SMILES string of the molecule is COCc1ncc(NCc2cccc(OC(C)(C)C)c2)cn1. The van der Waals surface area contributed by atoms with Crippen LogP contribution in [0.1, 0.15) is 32.2 Å². The quantitative estimate of drug-likeness (QED) is 0.886. The van der Waals surface area contributed by atoms with Gasteiger partial charge in [0.25, 0.3) is 0 Å². The van der Waals surface area contributed by atoms with E-state index >= 15 is 0 Å². The van der Waals surface area contributed by atoms with E-state index in [-0.39, 0.29) is 5.60 Å². The lowest BCUT2D eigenvalue weighted by atomic mass is 10.1. The van der Waals surface area contributed by atoms with E-state index in [2.05, 4.69) is 21.4 Å². The van der Waals surface area contributed by atoms with E-state index < -0.39 is 0 Å². The number of anilines is 1. The molecule has 0 saturated heterocycles. The number of ether oxygens (including phenoxy) is 2. The van der Waals surface area contributed by atoms with Gasteiger partial charge in [-0.1, -0.05) is 12.1 Å². The molecule has 0 fully saturated rings. The lowest BCUT2D eigenvalue weighted by Crippen LogP contribution is -2.23. The number of methoxy groups -OCH3 is 1. The highest BCUT2D eigenvalue weighted by molar-refractivity contribution is 5.40. The molecule has 0 radical (unpaired) electrons. The van der Waals surface area contributed by atoms with Gasteiger partial charge in [-0.15, -0.1) is 0 Å². The number of nitrogens with one attached hydrogen (secondary N) is 1. The van der Waals surface area contributed by atoms with Crippen LogP contribution in [0.5, 0.6) is 5.75 Å². The van der Waals surface area contributed by atoms with Crippen molar-refractivity contribution in [2.24, 2.45) is 0 Å². The summed E-state index contributed by atoms with van der Waals surface area (Å²) >= 11 is 0. The predicted molar refractivity (Wildman–Crippen MR) is 86.9 cm³/mol. The maximum atomic E-state index is 5.87. The Morgan fingerprint density at radius 2 is 1.86 bits per heavy atom. The number of hydrogen-bond acceptors (Lipinski definition) is 5. The van der Waals surface area contributed by atoms with E-state index in [0.29, 0.717) is 19.0 Å². The molecule has 1 N–H and O–H groups in total. The van der Waals surface area contributed by atoms with Gasteiger partial charge in [-0.25, -0.2) is 9.97 Å². The van der Waals surface area contributed by atoms with Gasteiger partial charge in [0.2, 0.25) is 0 Å². The van der Waals surface area contributed by atoms with Gasteiger partial charge in [-0.3, -0.25) is 0 Å². The second-order valence-corrected chi connectivity index (χ2v) is 6.04. The third-order valence-electron chi connectivity index (χ3n) is 2.80. The largest absolute Gasteiger partial charge is 0.488 e. The molecule has 22 heavy (non-hydrogen) atoms. The van der Waals surface area contributed by atoms with Crippen molar-refractivity contribution < 1.29 is 9.47 Å². The van der Waals surface area contributed by atoms with Gasteiger partial charge >= 0.3 is 0 Å². The molecular formula is C17H23N3O2. The average molecular weight is 301 g/mol. The Kier molecular flexibility index (Phi) is 5.33. The van der Waals surface area contributed by atoms with Crippen molar-refractivity contribution >= 4 is 5.69 Å². The maximum Gasteiger partial charge on any atom is 0.153 e. The van der Waals surface area contributed by atoms with Crippen molar-refractivity contribution in [2.75, 3.05) is 12.4 Å². The van der Waals surface area contributed by atoms with Crippen LogP contribution < -0.4 is 10.1 Å². The fraction of sp³-hybridized carbons (Fsp3) is 0.412. The zero-order chi connectivity index (χ0) is 16.0. The molecule has 1 aromatic carbocycles. The van der Waals surface area contributed by atoms with Crippen LogP contribution in [0, 0.1) is 0 Å². The zero-order valence-corrected chi connectivity index (χ0v) is 13.6. The first-order valence-electron chi connectivity index (χ1n) is 7.28. The van der Waals surface area contributed by atoms with Crippen LogP contribution in [0.25, 0.3) is 0 Å². The summed E-state index contributed by atoms with van der Waals surface area (Å²) in [4.78, 5) is 8.45. The maximum absolute atomic E-state index is 5.87. The van der Waals surface area contributed by atoms with Crippen LogP contribution in [-0.2, 0) is 17.9 Å². The molecule has 0 aliphatic carbocycles. The summed E-state index contributed by atoms with van der Waals surface area (Å²) in [5.74, 6) is 1.55. The van der Waals surface area contributed by atoms with Crippen molar-refractivity contribution in [3.05, 3.63) is 48.0 Å². The van der Waals surface area contributed by atoms with Crippen LogP contribution in [-0.4, -0.2) is 22.7 Å². The topological polar surface area (TPSA) is 56.3 Å². The highest BCUT2D eigenvalue weighted by Crippen LogP contribution is 2.19. The number of hydrogen-bond donors (Lipinski definition) is 1. The fourth-order valence-electron chi connectivity index (χ4n) is 1.93. The summed E-state index contributed by atoms with van der Waals surface area (Å²) in [6.45, 7) is 7.23. The summed E-state index contributed by atoms with van der Waals surface area (Å²) in [6.07, 6.45) is 3.52. The molecule has 1 aromatic heterocycles. The second-order valence-electron chi connectivity index (χ2n) is 6.04. The van der Waals surface area contributed by atoms with E-state index in [9.17, 15) is 0 Å². The van der Waals surface area contributed by atoms with Gasteiger partial charge in [-0.2, -0.15) is 0 Å². The Labute approximate surface area is 131 Å². The minimum atomic E-state index is -0.197. The molecule has 5 nitrogen and oxygen atoms in total. The van der Waals surface area contributed by atoms with E-state index in [0.717, 1.165) is 17.0 Å². The molecule has 5 heteroatoms. The average Bonchev–Trinajstić information content (AvgIpc) is 2.45. The molecule has 0 atom stereocenters. The molecule has 0 unspecified atom stereocenters. The number of aromatic nitrogens is 2. The molecule has 0 saturated carbocycles. The third-order valence-corrected chi connectivity index (χ3v) is 2.80. The van der Waals surface area contributed by atoms with E-state index in [1.165, 1.54) is 0 Å². The van der Waals surface area contributed by atoms with E-state index in [1.54, 1.807) is 19.5 Å². The fourth-order valence-corrected chi connectivity index (χ4v) is 1.93. The Bertz CT molecular complexity index is 592. The van der Waals surface area contributed by atoms with Gasteiger partial charge < -0.3 is 14.8 Å². The first kappa shape index (κ1) is 16.2. The molecule has 0 spiro atoms. The number of benzene rings is 1. The Morgan fingerprint density at radius 1 is 1.14 bits per heavy atom. The highest BCUT2D eigenvalue weighted by Gasteiger charge is 2.11. The monoisotopic (exact) mass is 301 g/mol. The van der Waals surface area contributed by atoms with Crippen molar-refractivity contribution in [3.63, 3.8) is 0 Å². The van der Waals surface area contributed by atoms with Gasteiger partial charge in [0.15, 0.2) is 5.82 Å². The Hall–Kier alpha value is -2.14. The van der Waals surface area contributed by atoms with Gasteiger partial charge in [0.05, 0.1) is 18.1 Å². The molecule has 0 aliphatic rings. The van der Waals surface area contributed by atoms with Gasteiger partial charge in [0, 0.05) is 13.7 Å². The van der Waals surface area contributed by atoms with E-state index in [4.69, 9.17) is 9.47 Å². The number of nitrogens with zero attached hydrogens (tertiary/aromatic N) is 2. The van der Waals surface area contributed by atoms with E-state index in [1.807, 2.05) is 39.0 Å². The zero-order valence-electron chi connectivity index (χ0n) is 13.6. The third kappa shape index (κ3) is 5.33. The van der Waals surface area contributed by atoms with Crippen LogP contribution in [0.3, 0.4) is 0 Å². The molecule has 0 aliphatic heterocycles. The number of rotatable bonds is 6. The van der Waals surface area contributed by atoms with Crippen LogP contribution in [0.15, 0.2) is 36.7 Å². The summed E-state index contributed by atoms with van der Waals surface area (Å²) in [6, 6.07) is 8.06. The first-order valence-corrected chi connectivity index (χ1v) is 7.28. The molecule has 1 heterocycles. The predicted octanol–water partition coefficient (Wildman–Crippen LogP) is 3.41. The highest BCUT2D eigenvalue weighted by atomic mass is 16.5. The normalized spacial score (nSPS) is 11.3. The lowest BCUT2D eigenvalue weighted by molar-refractivity contribution is 0.131. The minimum absolute atomic E-state index is 0.197. The summed E-state index contributed by atoms with van der Waals surface area (Å²) in [7, 11) is 1.63. The molecule has 118 valence electrons. The summed E-state index contributed by atoms with van der Waals surface area (Å²) < 4.78 is 10.9. The summed E-state index contributed by atoms with van der Waals surface area (Å²) in [5, 5.41) is 3.30. The van der Waals surface area contributed by atoms with Crippen LogP contribution in [0.4, 0.5) is 5.69 Å². The second kappa shape index (κ2) is 7.22. The van der Waals surface area contributed by atoms with Crippen LogP contribution >= 0.6 is 0 Å². The Balaban J connectivity index is 1.95.